The van der Waals surface area contributed by atoms with Gasteiger partial charge in [0.05, 0.1) is 11.1 Å². The smallest absolute Gasteiger partial charge is 0.287 e. The van der Waals surface area contributed by atoms with Crippen molar-refractivity contribution in [1.29, 1.82) is 0 Å². The number of rotatable bonds is 5. The Bertz CT molecular complexity index is 493. The number of nitrogens with zero attached hydrogens (tertiary/aromatic N) is 3. The first kappa shape index (κ1) is 15.2. The second-order valence-corrected chi connectivity index (χ2v) is 5.48. The van der Waals surface area contributed by atoms with Crippen LogP contribution in [-0.2, 0) is 7.05 Å². The number of aromatic nitrogens is 1. The summed E-state index contributed by atoms with van der Waals surface area (Å²) in [5.74, 6) is -0.253. The van der Waals surface area contributed by atoms with E-state index in [9.17, 15) is 14.9 Å². The lowest BCUT2D eigenvalue weighted by Crippen LogP contribution is -2.40. The van der Waals surface area contributed by atoms with Crippen molar-refractivity contribution in [2.45, 2.75) is 13.8 Å². The van der Waals surface area contributed by atoms with E-state index in [0.717, 1.165) is 0 Å². The van der Waals surface area contributed by atoms with Gasteiger partial charge in [-0.25, -0.2) is 0 Å². The van der Waals surface area contributed by atoms with Gasteiger partial charge in [0.15, 0.2) is 0 Å². The lowest BCUT2D eigenvalue weighted by atomic mass is 9.93. The third kappa shape index (κ3) is 3.54. The maximum absolute atomic E-state index is 12.2. The molecule has 0 aliphatic carbocycles. The fourth-order valence-corrected chi connectivity index (χ4v) is 1.83. The Morgan fingerprint density at radius 1 is 1.58 bits per heavy atom. The molecule has 19 heavy (non-hydrogen) atoms. The van der Waals surface area contributed by atoms with Gasteiger partial charge in [0.25, 0.3) is 11.6 Å². The SMILES string of the molecule is CN(CC(C)(C)CN)C(=O)c1cc([N+](=O)[O-])cn1C. The van der Waals surface area contributed by atoms with Gasteiger partial charge in [0.2, 0.25) is 0 Å². The van der Waals surface area contributed by atoms with Gasteiger partial charge >= 0.3 is 0 Å². The molecule has 0 bridgehead atoms. The number of hydrogen-bond acceptors (Lipinski definition) is 4. The minimum Gasteiger partial charge on any atom is -0.340 e. The quantitative estimate of drug-likeness (QED) is 0.636. The Morgan fingerprint density at radius 3 is 2.58 bits per heavy atom. The van der Waals surface area contributed by atoms with Crippen LogP contribution in [-0.4, -0.2) is 40.4 Å². The summed E-state index contributed by atoms with van der Waals surface area (Å²) in [6, 6.07) is 1.29. The molecule has 0 aliphatic heterocycles. The van der Waals surface area contributed by atoms with Gasteiger partial charge < -0.3 is 15.2 Å². The zero-order chi connectivity index (χ0) is 14.8. The van der Waals surface area contributed by atoms with Crippen LogP contribution in [0.4, 0.5) is 5.69 Å². The normalized spacial score (nSPS) is 11.4. The summed E-state index contributed by atoms with van der Waals surface area (Å²) in [7, 11) is 3.28. The van der Waals surface area contributed by atoms with Gasteiger partial charge in [0.1, 0.15) is 5.69 Å². The van der Waals surface area contributed by atoms with Gasteiger partial charge in [-0.1, -0.05) is 13.8 Å². The Labute approximate surface area is 112 Å². The summed E-state index contributed by atoms with van der Waals surface area (Å²) in [5, 5.41) is 10.7. The maximum Gasteiger partial charge on any atom is 0.287 e. The third-order valence-corrected chi connectivity index (χ3v) is 2.98. The van der Waals surface area contributed by atoms with E-state index in [1.807, 2.05) is 13.8 Å². The number of carbonyl (C=O) groups is 1. The van der Waals surface area contributed by atoms with Gasteiger partial charge in [0, 0.05) is 26.7 Å². The molecule has 7 nitrogen and oxygen atoms in total. The maximum atomic E-state index is 12.2. The van der Waals surface area contributed by atoms with Crippen molar-refractivity contribution < 1.29 is 9.72 Å². The zero-order valence-corrected chi connectivity index (χ0v) is 11.7. The standard InChI is InChI=1S/C12H20N4O3/c1-12(2,7-13)8-15(4)11(17)10-5-9(16(18)19)6-14(10)3/h5-6H,7-8,13H2,1-4H3. The van der Waals surface area contributed by atoms with Crippen molar-refractivity contribution in [2.24, 2.45) is 18.2 Å². The van der Waals surface area contributed by atoms with E-state index in [-0.39, 0.29) is 17.0 Å². The lowest BCUT2D eigenvalue weighted by Gasteiger charge is -2.29. The molecule has 1 rings (SSSR count). The highest BCUT2D eigenvalue weighted by Gasteiger charge is 2.25. The molecule has 0 fully saturated rings. The molecule has 1 heterocycles. The van der Waals surface area contributed by atoms with Gasteiger partial charge in [-0.05, 0) is 12.0 Å². The fraction of sp³-hybridized carbons (Fsp3) is 0.583. The topological polar surface area (TPSA) is 94.4 Å². The Balaban J connectivity index is 2.91. The minimum absolute atomic E-state index is 0.0858. The first-order valence-corrected chi connectivity index (χ1v) is 5.94. The molecule has 0 aromatic carbocycles. The van der Waals surface area contributed by atoms with Crippen LogP contribution in [0.1, 0.15) is 24.3 Å². The highest BCUT2D eigenvalue weighted by atomic mass is 16.6. The number of nitrogens with two attached hydrogens (primary N) is 1. The molecule has 0 radical (unpaired) electrons. The highest BCUT2D eigenvalue weighted by Crippen LogP contribution is 2.19. The minimum atomic E-state index is -0.513. The van der Waals surface area contributed by atoms with E-state index in [2.05, 4.69) is 0 Å². The van der Waals surface area contributed by atoms with Gasteiger partial charge in [-0.2, -0.15) is 0 Å². The summed E-state index contributed by atoms with van der Waals surface area (Å²) in [6.45, 7) is 4.87. The molecule has 106 valence electrons. The molecule has 7 heteroatoms. The van der Waals surface area contributed by atoms with Crippen LogP contribution in [0.5, 0.6) is 0 Å². The molecular weight excluding hydrogens is 248 g/mol. The average molecular weight is 268 g/mol. The Kier molecular flexibility index (Phi) is 4.31. The van der Waals surface area contributed by atoms with E-state index < -0.39 is 4.92 Å². The van der Waals surface area contributed by atoms with Crippen LogP contribution >= 0.6 is 0 Å². The Hall–Kier alpha value is -1.89. The zero-order valence-electron chi connectivity index (χ0n) is 11.7. The first-order chi connectivity index (χ1) is 8.68. The highest BCUT2D eigenvalue weighted by molar-refractivity contribution is 5.93. The number of aryl methyl sites for hydroxylation is 1. The fourth-order valence-electron chi connectivity index (χ4n) is 1.83. The van der Waals surface area contributed by atoms with Crippen LogP contribution in [0.25, 0.3) is 0 Å². The molecule has 1 aromatic rings. The summed E-state index contributed by atoms with van der Waals surface area (Å²) in [4.78, 5) is 23.9. The summed E-state index contributed by atoms with van der Waals surface area (Å²) < 4.78 is 1.46. The molecule has 1 amide bonds. The molecule has 0 saturated carbocycles. The molecule has 0 unspecified atom stereocenters. The molecule has 0 saturated heterocycles. The van der Waals surface area contributed by atoms with Gasteiger partial charge in [-0.3, -0.25) is 14.9 Å². The third-order valence-electron chi connectivity index (χ3n) is 2.98. The Morgan fingerprint density at radius 2 is 2.16 bits per heavy atom. The molecule has 0 aliphatic rings. The van der Waals surface area contributed by atoms with E-state index in [0.29, 0.717) is 18.8 Å². The number of carbonyl (C=O) groups excluding carboxylic acids is 1. The second-order valence-electron chi connectivity index (χ2n) is 5.48. The number of amides is 1. The average Bonchev–Trinajstić information content (AvgIpc) is 2.70. The second kappa shape index (κ2) is 5.40. The van der Waals surface area contributed by atoms with Crippen LogP contribution in [0, 0.1) is 15.5 Å². The predicted molar refractivity (Wildman–Crippen MR) is 71.9 cm³/mol. The van der Waals surface area contributed by atoms with E-state index >= 15 is 0 Å². The van der Waals surface area contributed by atoms with Crippen LogP contribution in [0.15, 0.2) is 12.3 Å². The van der Waals surface area contributed by atoms with E-state index in [4.69, 9.17) is 5.73 Å². The van der Waals surface area contributed by atoms with Crippen molar-refractivity contribution in [1.82, 2.24) is 9.47 Å². The van der Waals surface area contributed by atoms with Crippen LogP contribution in [0.2, 0.25) is 0 Å². The van der Waals surface area contributed by atoms with E-state index in [1.54, 1.807) is 14.1 Å². The lowest BCUT2D eigenvalue weighted by molar-refractivity contribution is -0.384. The molecule has 0 spiro atoms. The largest absolute Gasteiger partial charge is 0.340 e. The van der Waals surface area contributed by atoms with Crippen molar-refractivity contribution in [3.05, 3.63) is 28.1 Å². The molecular formula is C12H20N4O3. The van der Waals surface area contributed by atoms with Crippen molar-refractivity contribution in [3.8, 4) is 0 Å². The molecule has 2 N–H and O–H groups in total. The molecule has 1 aromatic heterocycles. The summed E-state index contributed by atoms with van der Waals surface area (Å²) in [6.07, 6.45) is 1.33. The predicted octanol–water partition coefficient (Wildman–Crippen LogP) is 0.990. The van der Waals surface area contributed by atoms with Crippen molar-refractivity contribution in [2.75, 3.05) is 20.1 Å². The number of nitro groups is 1. The number of hydrogen-bond donors (Lipinski definition) is 1. The molecule has 0 atom stereocenters. The first-order valence-electron chi connectivity index (χ1n) is 5.94. The van der Waals surface area contributed by atoms with Crippen LogP contribution in [0.3, 0.4) is 0 Å². The summed E-state index contributed by atoms with van der Waals surface area (Å²) >= 11 is 0. The van der Waals surface area contributed by atoms with Gasteiger partial charge in [-0.15, -0.1) is 0 Å². The van der Waals surface area contributed by atoms with Crippen molar-refractivity contribution >= 4 is 11.6 Å². The van der Waals surface area contributed by atoms with Crippen LogP contribution < -0.4 is 5.73 Å². The monoisotopic (exact) mass is 268 g/mol. The summed E-state index contributed by atoms with van der Waals surface area (Å²) in [5.41, 5.74) is 5.65. The van der Waals surface area contributed by atoms with Crippen molar-refractivity contribution in [3.63, 3.8) is 0 Å². The van der Waals surface area contributed by atoms with E-state index in [1.165, 1.54) is 21.7 Å².